The zero-order valence-electron chi connectivity index (χ0n) is 8.43. The summed E-state index contributed by atoms with van der Waals surface area (Å²) in [5, 5.41) is 4.66. The number of nitrogens with one attached hydrogen (secondary N) is 2. The first-order chi connectivity index (χ1) is 5.85. The van der Waals surface area contributed by atoms with Crippen LogP contribution in [0.1, 0.15) is 20.8 Å². The Morgan fingerprint density at radius 2 is 1.85 bits per heavy atom. The van der Waals surface area contributed by atoms with E-state index in [-0.39, 0.29) is 6.54 Å². The maximum atomic E-state index is 11.0. The highest BCUT2D eigenvalue weighted by Gasteiger charge is 2.16. The molecular weight excluding hydrogens is 172 g/mol. The van der Waals surface area contributed by atoms with Crippen molar-refractivity contribution in [3.63, 3.8) is 0 Å². The Balaban J connectivity index is 3.71. The quantitative estimate of drug-likeness (QED) is 0.611. The fourth-order valence-corrected chi connectivity index (χ4v) is 0.618. The van der Waals surface area contributed by atoms with Crippen LogP contribution in [-0.2, 0) is 9.53 Å². The normalized spacial score (nSPS) is 10.5. The predicted octanol–water partition coefficient (Wildman–Crippen LogP) is 0.257. The molecule has 0 unspecified atom stereocenters. The van der Waals surface area contributed by atoms with Crippen LogP contribution in [0.15, 0.2) is 0 Å². The van der Waals surface area contributed by atoms with E-state index in [4.69, 9.17) is 4.74 Å². The summed E-state index contributed by atoms with van der Waals surface area (Å²) >= 11 is 0. The van der Waals surface area contributed by atoms with Crippen molar-refractivity contribution in [2.24, 2.45) is 0 Å². The van der Waals surface area contributed by atoms with Crippen molar-refractivity contribution >= 4 is 12.0 Å². The van der Waals surface area contributed by atoms with Crippen LogP contribution < -0.4 is 10.6 Å². The summed E-state index contributed by atoms with van der Waals surface area (Å²) in [7, 11) is 1.48. The number of amides is 2. The molecule has 0 aliphatic carbocycles. The standard InChI is InChI=1S/C8H16N2O3/c1-8(2,3)13-6(11)5-10-7(12)9-4/h5H2,1-4H3,(H2,9,10,12). The van der Waals surface area contributed by atoms with Crippen molar-refractivity contribution in [3.8, 4) is 0 Å². The Morgan fingerprint density at radius 1 is 1.31 bits per heavy atom. The lowest BCUT2D eigenvalue weighted by Gasteiger charge is -2.19. The van der Waals surface area contributed by atoms with Gasteiger partial charge in [0.05, 0.1) is 0 Å². The average molecular weight is 188 g/mol. The van der Waals surface area contributed by atoms with Crippen LogP contribution in [0.4, 0.5) is 4.79 Å². The molecule has 0 aromatic heterocycles. The van der Waals surface area contributed by atoms with E-state index in [0.29, 0.717) is 0 Å². The van der Waals surface area contributed by atoms with Gasteiger partial charge in [0.15, 0.2) is 0 Å². The number of carbonyl (C=O) groups is 2. The molecule has 0 saturated heterocycles. The van der Waals surface area contributed by atoms with Crippen LogP contribution in [0.25, 0.3) is 0 Å². The van der Waals surface area contributed by atoms with Gasteiger partial charge in [-0.25, -0.2) is 4.79 Å². The third-order valence-corrected chi connectivity index (χ3v) is 1.04. The molecule has 0 bridgehead atoms. The Labute approximate surface area is 77.8 Å². The van der Waals surface area contributed by atoms with Gasteiger partial charge in [-0.1, -0.05) is 0 Å². The van der Waals surface area contributed by atoms with Gasteiger partial charge in [-0.3, -0.25) is 4.79 Å². The molecule has 0 spiro atoms. The molecular formula is C8H16N2O3. The fourth-order valence-electron chi connectivity index (χ4n) is 0.618. The molecule has 0 aliphatic rings. The molecule has 0 atom stereocenters. The highest BCUT2D eigenvalue weighted by Crippen LogP contribution is 2.05. The van der Waals surface area contributed by atoms with Gasteiger partial charge in [-0.15, -0.1) is 0 Å². The second-order valence-electron chi connectivity index (χ2n) is 3.52. The first-order valence-electron chi connectivity index (χ1n) is 4.02. The minimum Gasteiger partial charge on any atom is -0.459 e. The van der Waals surface area contributed by atoms with Crippen molar-refractivity contribution < 1.29 is 14.3 Å². The number of hydrogen-bond donors (Lipinski definition) is 2. The molecule has 0 radical (unpaired) electrons. The van der Waals surface area contributed by atoms with Gasteiger partial charge in [0, 0.05) is 7.05 Å². The molecule has 0 heterocycles. The van der Waals surface area contributed by atoms with E-state index < -0.39 is 17.6 Å². The second-order valence-corrected chi connectivity index (χ2v) is 3.52. The minimum atomic E-state index is -0.512. The maximum absolute atomic E-state index is 11.0. The Hall–Kier alpha value is -1.26. The predicted molar refractivity (Wildman–Crippen MR) is 48.3 cm³/mol. The summed E-state index contributed by atoms with van der Waals surface area (Å²) < 4.78 is 4.95. The number of ether oxygens (including phenoxy) is 1. The van der Waals surface area contributed by atoms with Gasteiger partial charge in [0.2, 0.25) is 0 Å². The van der Waals surface area contributed by atoms with Crippen molar-refractivity contribution in [2.75, 3.05) is 13.6 Å². The summed E-state index contributed by atoms with van der Waals surface area (Å²) in [6.45, 7) is 5.19. The monoisotopic (exact) mass is 188 g/mol. The van der Waals surface area contributed by atoms with Crippen LogP contribution in [0.5, 0.6) is 0 Å². The van der Waals surface area contributed by atoms with Crippen LogP contribution in [0.3, 0.4) is 0 Å². The van der Waals surface area contributed by atoms with Crippen molar-refractivity contribution in [1.82, 2.24) is 10.6 Å². The van der Waals surface area contributed by atoms with Gasteiger partial charge in [-0.2, -0.15) is 0 Å². The molecule has 0 saturated carbocycles. The Morgan fingerprint density at radius 3 is 2.23 bits per heavy atom. The summed E-state index contributed by atoms with van der Waals surface area (Å²) in [4.78, 5) is 21.7. The van der Waals surface area contributed by atoms with E-state index in [1.807, 2.05) is 0 Å². The second kappa shape index (κ2) is 4.69. The maximum Gasteiger partial charge on any atom is 0.325 e. The van der Waals surface area contributed by atoms with E-state index in [1.54, 1.807) is 20.8 Å². The summed E-state index contributed by atoms with van der Waals surface area (Å²) in [6.07, 6.45) is 0. The first kappa shape index (κ1) is 11.7. The van der Waals surface area contributed by atoms with Crippen molar-refractivity contribution in [3.05, 3.63) is 0 Å². The topological polar surface area (TPSA) is 67.4 Å². The summed E-state index contributed by atoms with van der Waals surface area (Å²) in [5.41, 5.74) is -0.512. The highest BCUT2D eigenvalue weighted by atomic mass is 16.6. The lowest BCUT2D eigenvalue weighted by atomic mass is 10.2. The van der Waals surface area contributed by atoms with Crippen molar-refractivity contribution in [1.29, 1.82) is 0 Å². The average Bonchev–Trinajstić information content (AvgIpc) is 1.97. The largest absolute Gasteiger partial charge is 0.459 e. The van der Waals surface area contributed by atoms with Gasteiger partial charge < -0.3 is 15.4 Å². The van der Waals surface area contributed by atoms with Gasteiger partial charge in [0.25, 0.3) is 0 Å². The third kappa shape index (κ3) is 7.11. The molecule has 13 heavy (non-hydrogen) atoms. The van der Waals surface area contributed by atoms with Gasteiger partial charge >= 0.3 is 12.0 Å². The Bertz CT molecular complexity index is 196. The number of carbonyl (C=O) groups excluding carboxylic acids is 2. The number of hydrogen-bond acceptors (Lipinski definition) is 3. The van der Waals surface area contributed by atoms with Crippen molar-refractivity contribution in [2.45, 2.75) is 26.4 Å². The molecule has 5 nitrogen and oxygen atoms in total. The summed E-state index contributed by atoms with van der Waals surface area (Å²) in [5.74, 6) is -0.448. The van der Waals surface area contributed by atoms with Crippen LogP contribution in [0.2, 0.25) is 0 Å². The van der Waals surface area contributed by atoms with Crippen LogP contribution >= 0.6 is 0 Å². The number of rotatable bonds is 2. The fraction of sp³-hybridized carbons (Fsp3) is 0.750. The molecule has 5 heteroatoms. The lowest BCUT2D eigenvalue weighted by Crippen LogP contribution is -2.38. The zero-order chi connectivity index (χ0) is 10.5. The number of urea groups is 1. The van der Waals surface area contributed by atoms with Crippen LogP contribution in [-0.4, -0.2) is 31.2 Å². The van der Waals surface area contributed by atoms with Gasteiger partial charge in [0.1, 0.15) is 12.1 Å². The van der Waals surface area contributed by atoms with E-state index in [9.17, 15) is 9.59 Å². The highest BCUT2D eigenvalue weighted by molar-refractivity contribution is 5.80. The van der Waals surface area contributed by atoms with E-state index in [2.05, 4.69) is 10.6 Å². The smallest absolute Gasteiger partial charge is 0.325 e. The lowest BCUT2D eigenvalue weighted by molar-refractivity contribution is -0.153. The van der Waals surface area contributed by atoms with Gasteiger partial charge in [-0.05, 0) is 20.8 Å². The Kier molecular flexibility index (Phi) is 4.23. The first-order valence-corrected chi connectivity index (χ1v) is 4.02. The molecule has 0 aromatic rings. The molecule has 76 valence electrons. The number of esters is 1. The summed E-state index contributed by atoms with van der Waals surface area (Å²) in [6, 6.07) is -0.397. The minimum absolute atomic E-state index is 0.114. The SMILES string of the molecule is CNC(=O)NCC(=O)OC(C)(C)C. The van der Waals surface area contributed by atoms with E-state index in [0.717, 1.165) is 0 Å². The molecule has 0 fully saturated rings. The van der Waals surface area contributed by atoms with Crippen LogP contribution in [0, 0.1) is 0 Å². The zero-order valence-corrected chi connectivity index (χ0v) is 8.43. The molecule has 0 rings (SSSR count). The molecule has 2 N–H and O–H groups in total. The molecule has 2 amide bonds. The molecule has 0 aromatic carbocycles. The van der Waals surface area contributed by atoms with E-state index >= 15 is 0 Å². The van der Waals surface area contributed by atoms with E-state index in [1.165, 1.54) is 7.05 Å². The third-order valence-electron chi connectivity index (χ3n) is 1.04. The molecule has 0 aliphatic heterocycles.